The molecular formula is C20H26N2O3. The summed E-state index contributed by atoms with van der Waals surface area (Å²) < 4.78 is 5.50. The Morgan fingerprint density at radius 3 is 2.60 bits per heavy atom. The summed E-state index contributed by atoms with van der Waals surface area (Å²) in [6, 6.07) is 7.28. The summed E-state index contributed by atoms with van der Waals surface area (Å²) in [5.74, 6) is 1.45. The molecule has 5 rings (SSSR count). The molecule has 0 aliphatic heterocycles. The number of amides is 2. The van der Waals surface area contributed by atoms with Crippen molar-refractivity contribution in [1.82, 2.24) is 5.32 Å². The van der Waals surface area contributed by atoms with Gasteiger partial charge in [-0.1, -0.05) is 6.07 Å². The smallest absolute Gasteiger partial charge is 0.251 e. The molecule has 4 bridgehead atoms. The monoisotopic (exact) mass is 342 g/mol. The summed E-state index contributed by atoms with van der Waals surface area (Å²) in [6.07, 6.45) is 5.60. The van der Waals surface area contributed by atoms with E-state index in [1.807, 2.05) is 25.1 Å². The van der Waals surface area contributed by atoms with Crippen LogP contribution in [-0.2, 0) is 4.79 Å². The lowest BCUT2D eigenvalue weighted by Crippen LogP contribution is -2.65. The Hall–Kier alpha value is -2.04. The van der Waals surface area contributed by atoms with Crippen LogP contribution in [0.3, 0.4) is 0 Å². The average Bonchev–Trinajstić information content (AvgIpc) is 2.53. The van der Waals surface area contributed by atoms with Gasteiger partial charge >= 0.3 is 0 Å². The van der Waals surface area contributed by atoms with Crippen molar-refractivity contribution >= 4 is 11.8 Å². The van der Waals surface area contributed by atoms with Gasteiger partial charge in [0.05, 0.1) is 12.0 Å². The predicted octanol–water partition coefficient (Wildman–Crippen LogP) is 2.64. The van der Waals surface area contributed by atoms with Gasteiger partial charge in [-0.05, 0) is 75.5 Å². The maximum absolute atomic E-state index is 12.9. The van der Waals surface area contributed by atoms with Gasteiger partial charge in [0.1, 0.15) is 5.75 Å². The lowest BCUT2D eigenvalue weighted by Gasteiger charge is -2.61. The number of carbonyl (C=O) groups excluding carboxylic acids is 2. The highest BCUT2D eigenvalue weighted by atomic mass is 16.5. The molecule has 1 aromatic rings. The van der Waals surface area contributed by atoms with Gasteiger partial charge in [0.25, 0.3) is 5.91 Å². The molecule has 0 spiro atoms. The molecule has 4 aliphatic carbocycles. The Morgan fingerprint density at radius 2 is 1.96 bits per heavy atom. The zero-order valence-electron chi connectivity index (χ0n) is 14.7. The topological polar surface area (TPSA) is 81.4 Å². The van der Waals surface area contributed by atoms with E-state index in [0.717, 1.165) is 25.7 Å². The van der Waals surface area contributed by atoms with Crippen LogP contribution in [0.15, 0.2) is 24.3 Å². The van der Waals surface area contributed by atoms with E-state index in [9.17, 15) is 9.59 Å². The number of hydrogen-bond donors (Lipinski definition) is 2. The second-order valence-corrected chi connectivity index (χ2v) is 8.30. The third kappa shape index (κ3) is 2.79. The molecule has 0 saturated heterocycles. The van der Waals surface area contributed by atoms with Gasteiger partial charge in [0, 0.05) is 11.1 Å². The fourth-order valence-corrected chi connectivity index (χ4v) is 5.90. The highest BCUT2D eigenvalue weighted by Gasteiger charge is 2.60. The molecule has 25 heavy (non-hydrogen) atoms. The molecule has 0 heterocycles. The fourth-order valence-electron chi connectivity index (χ4n) is 5.90. The van der Waals surface area contributed by atoms with E-state index in [1.165, 1.54) is 6.42 Å². The number of nitrogens with one attached hydrogen (secondary N) is 1. The predicted molar refractivity (Wildman–Crippen MR) is 94.1 cm³/mol. The average molecular weight is 342 g/mol. The Morgan fingerprint density at radius 1 is 1.24 bits per heavy atom. The lowest BCUT2D eigenvalue weighted by molar-refractivity contribution is -0.146. The summed E-state index contributed by atoms with van der Waals surface area (Å²) in [5.41, 5.74) is 5.69. The van der Waals surface area contributed by atoms with Crippen molar-refractivity contribution in [2.45, 2.75) is 51.0 Å². The van der Waals surface area contributed by atoms with Crippen LogP contribution in [0.2, 0.25) is 0 Å². The second kappa shape index (κ2) is 5.75. The fraction of sp³-hybridized carbons (Fsp3) is 0.600. The van der Waals surface area contributed by atoms with Crippen molar-refractivity contribution < 1.29 is 14.3 Å². The van der Waals surface area contributed by atoms with E-state index < -0.39 is 5.41 Å². The molecule has 0 radical (unpaired) electrons. The normalized spacial score (nSPS) is 35.4. The highest BCUT2D eigenvalue weighted by molar-refractivity contribution is 5.95. The molecule has 0 aromatic heterocycles. The van der Waals surface area contributed by atoms with Crippen molar-refractivity contribution in [2.75, 3.05) is 6.61 Å². The summed E-state index contributed by atoms with van der Waals surface area (Å²) in [4.78, 5) is 25.0. The van der Waals surface area contributed by atoms with Crippen LogP contribution in [0.25, 0.3) is 0 Å². The molecule has 4 saturated carbocycles. The van der Waals surface area contributed by atoms with Crippen LogP contribution in [0, 0.1) is 17.3 Å². The van der Waals surface area contributed by atoms with Crippen LogP contribution >= 0.6 is 0 Å². The standard InChI is InChI=1S/C20H26N2O3/c1-2-25-16-5-3-4-15(7-16)17(23)22-20-10-13-6-14(11-20)9-19(8-13,12-20)18(21)24/h3-5,7,13-14H,2,6,8-12H2,1H3,(H2,21,24)(H,22,23). The Balaban J connectivity index is 1.57. The number of ether oxygens (including phenoxy) is 1. The van der Waals surface area contributed by atoms with Crippen LogP contribution in [0.1, 0.15) is 55.8 Å². The third-order valence-corrected chi connectivity index (χ3v) is 6.37. The minimum absolute atomic E-state index is 0.0804. The van der Waals surface area contributed by atoms with Gasteiger partial charge in [0.15, 0.2) is 0 Å². The molecule has 1 aromatic carbocycles. The van der Waals surface area contributed by atoms with Gasteiger partial charge < -0.3 is 15.8 Å². The maximum Gasteiger partial charge on any atom is 0.251 e. The third-order valence-electron chi connectivity index (χ3n) is 6.37. The van der Waals surface area contributed by atoms with Gasteiger partial charge in [-0.25, -0.2) is 0 Å². The van der Waals surface area contributed by atoms with Gasteiger partial charge in [-0.2, -0.15) is 0 Å². The molecule has 5 nitrogen and oxygen atoms in total. The van der Waals surface area contributed by atoms with E-state index in [4.69, 9.17) is 10.5 Å². The largest absolute Gasteiger partial charge is 0.494 e. The highest BCUT2D eigenvalue weighted by Crippen LogP contribution is 2.61. The maximum atomic E-state index is 12.9. The zero-order chi connectivity index (χ0) is 17.7. The van der Waals surface area contributed by atoms with Crippen LogP contribution < -0.4 is 15.8 Å². The first-order valence-corrected chi connectivity index (χ1v) is 9.29. The van der Waals surface area contributed by atoms with E-state index in [2.05, 4.69) is 5.32 Å². The molecule has 5 heteroatoms. The van der Waals surface area contributed by atoms with Gasteiger partial charge in [-0.3, -0.25) is 9.59 Å². The van der Waals surface area contributed by atoms with Crippen molar-refractivity contribution in [3.63, 3.8) is 0 Å². The van der Waals surface area contributed by atoms with E-state index in [-0.39, 0.29) is 17.4 Å². The molecule has 134 valence electrons. The molecule has 4 fully saturated rings. The second-order valence-electron chi connectivity index (χ2n) is 8.30. The minimum Gasteiger partial charge on any atom is -0.494 e. The van der Waals surface area contributed by atoms with Crippen molar-refractivity contribution in [2.24, 2.45) is 23.0 Å². The summed E-state index contributed by atoms with van der Waals surface area (Å²) in [5, 5.41) is 3.29. The Kier molecular flexibility index (Phi) is 3.78. The summed E-state index contributed by atoms with van der Waals surface area (Å²) in [7, 11) is 0. The Labute approximate surface area is 148 Å². The van der Waals surface area contributed by atoms with Crippen LogP contribution in [0.5, 0.6) is 5.75 Å². The van der Waals surface area contributed by atoms with Crippen molar-refractivity contribution in [3.8, 4) is 5.75 Å². The number of hydrogen-bond acceptors (Lipinski definition) is 3. The Bertz CT molecular complexity index is 701. The first kappa shape index (κ1) is 16.4. The molecule has 4 aliphatic rings. The molecule has 2 unspecified atom stereocenters. The van der Waals surface area contributed by atoms with E-state index in [0.29, 0.717) is 36.2 Å². The molecule has 2 amide bonds. The quantitative estimate of drug-likeness (QED) is 0.863. The number of nitrogens with two attached hydrogens (primary N) is 1. The van der Waals surface area contributed by atoms with E-state index >= 15 is 0 Å². The van der Waals surface area contributed by atoms with Crippen LogP contribution in [0.4, 0.5) is 0 Å². The van der Waals surface area contributed by atoms with Crippen molar-refractivity contribution in [1.29, 1.82) is 0 Å². The summed E-state index contributed by atoms with van der Waals surface area (Å²) >= 11 is 0. The zero-order valence-corrected chi connectivity index (χ0v) is 14.7. The van der Waals surface area contributed by atoms with E-state index in [1.54, 1.807) is 6.07 Å². The number of benzene rings is 1. The van der Waals surface area contributed by atoms with Gasteiger partial charge in [-0.15, -0.1) is 0 Å². The summed E-state index contributed by atoms with van der Waals surface area (Å²) in [6.45, 7) is 2.49. The first-order chi connectivity index (χ1) is 11.9. The number of carbonyl (C=O) groups is 2. The first-order valence-electron chi connectivity index (χ1n) is 9.29. The van der Waals surface area contributed by atoms with Crippen molar-refractivity contribution in [3.05, 3.63) is 29.8 Å². The number of primary amides is 1. The lowest BCUT2D eigenvalue weighted by atomic mass is 9.46. The molecule has 3 N–H and O–H groups in total. The minimum atomic E-state index is -0.412. The SMILES string of the molecule is CCOc1cccc(C(=O)NC23CC4CC(C2)CC(C(N)=O)(C4)C3)c1. The molecule has 2 atom stereocenters. The van der Waals surface area contributed by atoms with Crippen LogP contribution in [-0.4, -0.2) is 24.0 Å². The number of rotatable bonds is 5. The molecular weight excluding hydrogens is 316 g/mol. The van der Waals surface area contributed by atoms with Gasteiger partial charge in [0.2, 0.25) is 5.91 Å².